The van der Waals surface area contributed by atoms with Crippen molar-refractivity contribution in [1.82, 2.24) is 0 Å². The number of ketones is 1. The van der Waals surface area contributed by atoms with Crippen molar-refractivity contribution in [2.75, 3.05) is 7.11 Å². The van der Waals surface area contributed by atoms with Gasteiger partial charge in [-0.15, -0.1) is 0 Å². The largest absolute Gasteiger partial charge is 0.370 e. The summed E-state index contributed by atoms with van der Waals surface area (Å²) in [5, 5.41) is 0. The van der Waals surface area contributed by atoms with Gasteiger partial charge >= 0.3 is 0 Å². The Kier molecular flexibility index (Phi) is 3.26. The van der Waals surface area contributed by atoms with E-state index in [0.717, 1.165) is 31.3 Å². The standard InChI is InChI=1S/C11H18O2/c1-4-9(2)8-10(12)11(13-3)6-5-7-11/h2,4-8H2,1,3H3. The van der Waals surface area contributed by atoms with Crippen molar-refractivity contribution in [3.8, 4) is 0 Å². The van der Waals surface area contributed by atoms with Crippen LogP contribution in [0, 0.1) is 0 Å². The summed E-state index contributed by atoms with van der Waals surface area (Å²) in [5.74, 6) is 0.216. The summed E-state index contributed by atoms with van der Waals surface area (Å²) in [5.41, 5.74) is 0.561. The Morgan fingerprint density at radius 2 is 2.15 bits per heavy atom. The number of carbonyl (C=O) groups is 1. The average molecular weight is 182 g/mol. The lowest BCUT2D eigenvalue weighted by atomic mass is 9.75. The van der Waals surface area contributed by atoms with Gasteiger partial charge in [0, 0.05) is 13.5 Å². The zero-order chi connectivity index (χ0) is 9.90. The summed E-state index contributed by atoms with van der Waals surface area (Å²) >= 11 is 0. The molecule has 0 N–H and O–H groups in total. The van der Waals surface area contributed by atoms with Gasteiger partial charge in [-0.2, -0.15) is 0 Å². The van der Waals surface area contributed by atoms with Crippen molar-refractivity contribution < 1.29 is 9.53 Å². The highest BCUT2D eigenvalue weighted by Crippen LogP contribution is 2.37. The quantitative estimate of drug-likeness (QED) is 0.610. The van der Waals surface area contributed by atoms with Crippen LogP contribution in [-0.2, 0) is 9.53 Å². The molecule has 1 aliphatic rings. The van der Waals surface area contributed by atoms with Crippen LogP contribution in [0.2, 0.25) is 0 Å². The number of hydrogen-bond donors (Lipinski definition) is 0. The van der Waals surface area contributed by atoms with Crippen molar-refractivity contribution in [3.63, 3.8) is 0 Å². The first-order chi connectivity index (χ1) is 6.14. The molecule has 2 nitrogen and oxygen atoms in total. The van der Waals surface area contributed by atoms with Crippen molar-refractivity contribution >= 4 is 5.78 Å². The molecule has 74 valence electrons. The molecule has 0 bridgehead atoms. The SMILES string of the molecule is C=C(CC)CC(=O)C1(OC)CCC1. The van der Waals surface area contributed by atoms with Gasteiger partial charge in [0.2, 0.25) is 0 Å². The summed E-state index contributed by atoms with van der Waals surface area (Å²) < 4.78 is 5.29. The van der Waals surface area contributed by atoms with Gasteiger partial charge in [-0.25, -0.2) is 0 Å². The van der Waals surface area contributed by atoms with Crippen molar-refractivity contribution in [3.05, 3.63) is 12.2 Å². The summed E-state index contributed by atoms with van der Waals surface area (Å²) in [6, 6.07) is 0. The molecule has 0 amide bonds. The van der Waals surface area contributed by atoms with Gasteiger partial charge in [-0.05, 0) is 25.7 Å². The Labute approximate surface area is 80.0 Å². The van der Waals surface area contributed by atoms with Gasteiger partial charge in [0.15, 0.2) is 5.78 Å². The van der Waals surface area contributed by atoms with Gasteiger partial charge in [0.1, 0.15) is 5.60 Å². The average Bonchev–Trinajstić information content (AvgIpc) is 2.03. The lowest BCUT2D eigenvalue weighted by Gasteiger charge is -2.39. The van der Waals surface area contributed by atoms with E-state index in [-0.39, 0.29) is 5.78 Å². The van der Waals surface area contributed by atoms with E-state index >= 15 is 0 Å². The van der Waals surface area contributed by atoms with Crippen LogP contribution < -0.4 is 0 Å². The molecule has 1 aliphatic carbocycles. The minimum absolute atomic E-state index is 0.216. The number of methoxy groups -OCH3 is 1. The van der Waals surface area contributed by atoms with Crippen LogP contribution in [-0.4, -0.2) is 18.5 Å². The van der Waals surface area contributed by atoms with Gasteiger partial charge < -0.3 is 4.74 Å². The maximum absolute atomic E-state index is 11.8. The van der Waals surface area contributed by atoms with E-state index in [1.807, 2.05) is 6.92 Å². The van der Waals surface area contributed by atoms with E-state index in [2.05, 4.69) is 6.58 Å². The van der Waals surface area contributed by atoms with Crippen molar-refractivity contribution in [2.24, 2.45) is 0 Å². The molecule has 0 aliphatic heterocycles. The topological polar surface area (TPSA) is 26.3 Å². The van der Waals surface area contributed by atoms with Crippen LogP contribution in [0.1, 0.15) is 39.0 Å². The molecule has 0 aromatic rings. The van der Waals surface area contributed by atoms with Gasteiger partial charge in [-0.1, -0.05) is 19.1 Å². The first kappa shape index (κ1) is 10.5. The fourth-order valence-corrected chi connectivity index (χ4v) is 1.61. The first-order valence-corrected chi connectivity index (χ1v) is 4.89. The molecule has 0 atom stereocenters. The van der Waals surface area contributed by atoms with Crippen LogP contribution >= 0.6 is 0 Å². The summed E-state index contributed by atoms with van der Waals surface area (Å²) in [4.78, 5) is 11.8. The number of rotatable bonds is 5. The second kappa shape index (κ2) is 4.05. The zero-order valence-electron chi connectivity index (χ0n) is 8.56. The lowest BCUT2D eigenvalue weighted by molar-refractivity contribution is -0.151. The van der Waals surface area contributed by atoms with Crippen LogP contribution in [0.3, 0.4) is 0 Å². The smallest absolute Gasteiger partial charge is 0.168 e. The summed E-state index contributed by atoms with van der Waals surface area (Å²) in [6.07, 6.45) is 4.26. The Morgan fingerprint density at radius 3 is 2.46 bits per heavy atom. The highest BCUT2D eigenvalue weighted by Gasteiger charge is 2.43. The monoisotopic (exact) mass is 182 g/mol. The van der Waals surface area contributed by atoms with Gasteiger partial charge in [0.25, 0.3) is 0 Å². The molecule has 1 fully saturated rings. The third kappa shape index (κ3) is 1.99. The van der Waals surface area contributed by atoms with Crippen LogP contribution in [0.4, 0.5) is 0 Å². The molecule has 0 aromatic carbocycles. The number of carbonyl (C=O) groups excluding carboxylic acids is 1. The third-order valence-electron chi connectivity index (χ3n) is 2.97. The first-order valence-electron chi connectivity index (χ1n) is 4.89. The Hall–Kier alpha value is -0.630. The third-order valence-corrected chi connectivity index (χ3v) is 2.97. The summed E-state index contributed by atoms with van der Waals surface area (Å²) in [7, 11) is 1.63. The van der Waals surface area contributed by atoms with E-state index in [9.17, 15) is 4.79 Å². The molecule has 0 unspecified atom stereocenters. The van der Waals surface area contributed by atoms with Gasteiger partial charge in [0.05, 0.1) is 0 Å². The van der Waals surface area contributed by atoms with Crippen LogP contribution in [0.15, 0.2) is 12.2 Å². The van der Waals surface area contributed by atoms with E-state index < -0.39 is 5.60 Å². The molecule has 0 heterocycles. The number of Topliss-reactive ketones (excluding diaryl/α,β-unsaturated/α-hetero) is 1. The van der Waals surface area contributed by atoms with E-state index in [4.69, 9.17) is 4.74 Å². The van der Waals surface area contributed by atoms with E-state index in [0.29, 0.717) is 6.42 Å². The highest BCUT2D eigenvalue weighted by atomic mass is 16.5. The highest BCUT2D eigenvalue weighted by molar-refractivity contribution is 5.90. The molecule has 13 heavy (non-hydrogen) atoms. The van der Waals surface area contributed by atoms with E-state index in [1.54, 1.807) is 7.11 Å². The van der Waals surface area contributed by atoms with E-state index in [1.165, 1.54) is 0 Å². The predicted octanol–water partition coefficient (Wildman–Crippen LogP) is 2.48. The normalized spacial score (nSPS) is 19.2. The minimum atomic E-state index is -0.446. The molecule has 0 aromatic heterocycles. The van der Waals surface area contributed by atoms with Crippen LogP contribution in [0.5, 0.6) is 0 Å². The second-order valence-electron chi connectivity index (χ2n) is 3.76. The molecule has 0 saturated heterocycles. The predicted molar refractivity (Wildman–Crippen MR) is 52.6 cm³/mol. The zero-order valence-corrected chi connectivity index (χ0v) is 8.56. The maximum atomic E-state index is 11.8. The van der Waals surface area contributed by atoms with Crippen molar-refractivity contribution in [1.29, 1.82) is 0 Å². The number of allylic oxidation sites excluding steroid dienone is 1. The fraction of sp³-hybridized carbons (Fsp3) is 0.727. The number of ether oxygens (including phenoxy) is 1. The molecule has 1 rings (SSSR count). The molecule has 0 radical (unpaired) electrons. The number of hydrogen-bond acceptors (Lipinski definition) is 2. The van der Waals surface area contributed by atoms with Crippen LogP contribution in [0.25, 0.3) is 0 Å². The lowest BCUT2D eigenvalue weighted by Crippen LogP contribution is -2.47. The molecular weight excluding hydrogens is 164 g/mol. The Balaban J connectivity index is 2.50. The van der Waals surface area contributed by atoms with Crippen molar-refractivity contribution in [2.45, 2.75) is 44.6 Å². The maximum Gasteiger partial charge on any atom is 0.168 e. The molecule has 2 heteroatoms. The fourth-order valence-electron chi connectivity index (χ4n) is 1.61. The Bertz CT molecular complexity index is 209. The Morgan fingerprint density at radius 1 is 1.54 bits per heavy atom. The van der Waals surface area contributed by atoms with Gasteiger partial charge in [-0.3, -0.25) is 4.79 Å². The summed E-state index contributed by atoms with van der Waals surface area (Å²) in [6.45, 7) is 5.87. The molecule has 1 saturated carbocycles. The second-order valence-corrected chi connectivity index (χ2v) is 3.76. The molecule has 0 spiro atoms. The minimum Gasteiger partial charge on any atom is -0.370 e. The molecular formula is C11H18O2.